The van der Waals surface area contributed by atoms with E-state index >= 15 is 0 Å². The Morgan fingerprint density at radius 3 is 2.30 bits per heavy atom. The van der Waals surface area contributed by atoms with Gasteiger partial charge in [-0.15, -0.1) is 0 Å². The highest BCUT2D eigenvalue weighted by Crippen LogP contribution is 2.31. The van der Waals surface area contributed by atoms with Crippen molar-refractivity contribution in [1.82, 2.24) is 4.90 Å². The predicted molar refractivity (Wildman–Crippen MR) is 116 cm³/mol. The molecule has 0 spiro atoms. The molecule has 0 unspecified atom stereocenters. The highest BCUT2D eigenvalue weighted by molar-refractivity contribution is 6.34. The highest BCUT2D eigenvalue weighted by Gasteiger charge is 2.30. The van der Waals surface area contributed by atoms with E-state index in [0.717, 1.165) is 23.4 Å². The first kappa shape index (κ1) is 21.5. The Hall–Kier alpha value is -3.25. The van der Waals surface area contributed by atoms with Crippen molar-refractivity contribution < 1.29 is 19.4 Å². The van der Waals surface area contributed by atoms with Crippen LogP contribution in [0.1, 0.15) is 23.5 Å². The van der Waals surface area contributed by atoms with Gasteiger partial charge in [0, 0.05) is 25.6 Å². The predicted octanol–water partition coefficient (Wildman–Crippen LogP) is 3.15. The number of benzene rings is 2. The number of carbonyl (C=O) groups excluding carboxylic acids is 2. The molecule has 1 fully saturated rings. The number of nitrogens with zero attached hydrogens (tertiary/aromatic N) is 2. The first-order chi connectivity index (χ1) is 14.6. The van der Waals surface area contributed by atoms with E-state index in [-0.39, 0.29) is 12.0 Å². The summed E-state index contributed by atoms with van der Waals surface area (Å²) in [5.74, 6) is -1.63. The molecule has 0 radical (unpaired) electrons. The van der Waals surface area contributed by atoms with E-state index in [4.69, 9.17) is 4.74 Å². The van der Waals surface area contributed by atoms with Gasteiger partial charge in [-0.05, 0) is 17.5 Å². The lowest BCUT2D eigenvalue weighted by Crippen LogP contribution is -2.49. The number of morpholine rings is 1. The molecule has 1 N–H and O–H groups in total. The van der Waals surface area contributed by atoms with Gasteiger partial charge in [0.15, 0.2) is 5.76 Å². The lowest BCUT2D eigenvalue weighted by molar-refractivity contribution is -0.135. The second-order valence-electron chi connectivity index (χ2n) is 7.15. The maximum atomic E-state index is 12.8. The van der Waals surface area contributed by atoms with Crippen molar-refractivity contribution in [2.45, 2.75) is 18.4 Å². The summed E-state index contributed by atoms with van der Waals surface area (Å²) in [6.07, 6.45) is 2.62. The third kappa shape index (κ3) is 5.42. The number of rotatable bonds is 7. The van der Waals surface area contributed by atoms with E-state index in [1.54, 1.807) is 4.90 Å². The number of ketones is 1. The molecule has 2 aromatic carbocycles. The van der Waals surface area contributed by atoms with Crippen LogP contribution in [0.15, 0.2) is 77.5 Å². The zero-order chi connectivity index (χ0) is 21.3. The first-order valence-electron chi connectivity index (χ1n) is 9.95. The van der Waals surface area contributed by atoms with Crippen molar-refractivity contribution in [3.05, 3.63) is 83.6 Å². The van der Waals surface area contributed by atoms with E-state index < -0.39 is 17.4 Å². The van der Waals surface area contributed by atoms with E-state index in [0.29, 0.717) is 26.2 Å². The molecule has 30 heavy (non-hydrogen) atoms. The number of Topliss-reactive ketones (excluding diaryl/α,β-unsaturated/α-hetero) is 1. The monoisotopic (exact) mass is 406 g/mol. The molecule has 1 heterocycles. The van der Waals surface area contributed by atoms with Gasteiger partial charge in [-0.25, -0.2) is 0 Å². The number of amides is 1. The zero-order valence-corrected chi connectivity index (χ0v) is 17.0. The third-order valence-electron chi connectivity index (χ3n) is 5.18. The minimum absolute atomic E-state index is 0.0841. The van der Waals surface area contributed by atoms with Crippen molar-refractivity contribution in [2.24, 2.45) is 4.99 Å². The molecule has 1 amide bonds. The highest BCUT2D eigenvalue weighted by atomic mass is 16.5. The van der Waals surface area contributed by atoms with Crippen molar-refractivity contribution in [3.63, 3.8) is 0 Å². The SMILES string of the molecule is CN=CC(=O)/C(O)=C/C(=O)N1CCOC[C@@H]1CC(c1ccccc1)c1ccccc1. The molecule has 1 atom stereocenters. The largest absolute Gasteiger partial charge is 0.504 e. The number of allylic oxidation sites excluding steroid dienone is 1. The van der Waals surface area contributed by atoms with Gasteiger partial charge in [0.05, 0.1) is 25.5 Å². The Morgan fingerprint density at radius 2 is 1.73 bits per heavy atom. The summed E-state index contributed by atoms with van der Waals surface area (Å²) in [7, 11) is 1.43. The second-order valence-corrected chi connectivity index (χ2v) is 7.15. The van der Waals surface area contributed by atoms with Gasteiger partial charge in [-0.2, -0.15) is 0 Å². The molecule has 1 aliphatic heterocycles. The zero-order valence-electron chi connectivity index (χ0n) is 17.0. The summed E-state index contributed by atoms with van der Waals surface area (Å²) in [5.41, 5.74) is 2.32. The van der Waals surface area contributed by atoms with Crippen LogP contribution < -0.4 is 0 Å². The minimum atomic E-state index is -0.692. The Labute approximate surface area is 176 Å². The van der Waals surface area contributed by atoms with E-state index in [1.165, 1.54) is 7.05 Å². The van der Waals surface area contributed by atoms with Crippen LogP contribution >= 0.6 is 0 Å². The van der Waals surface area contributed by atoms with Crippen molar-refractivity contribution >= 4 is 17.9 Å². The number of ether oxygens (including phenoxy) is 1. The number of hydrogen-bond acceptors (Lipinski definition) is 5. The van der Waals surface area contributed by atoms with Gasteiger partial charge in [0.1, 0.15) is 0 Å². The number of aliphatic hydroxyl groups excluding tert-OH is 1. The van der Waals surface area contributed by atoms with Crippen LogP contribution in [0.2, 0.25) is 0 Å². The van der Waals surface area contributed by atoms with Crippen molar-refractivity contribution in [2.75, 3.05) is 26.8 Å². The van der Waals surface area contributed by atoms with Gasteiger partial charge in [-0.1, -0.05) is 60.7 Å². The normalized spacial score (nSPS) is 17.5. The number of hydrogen-bond donors (Lipinski definition) is 1. The van der Waals surface area contributed by atoms with Gasteiger partial charge in [-0.3, -0.25) is 14.6 Å². The molecule has 6 nitrogen and oxygen atoms in total. The number of aliphatic imine (C=N–C) groups is 1. The Bertz CT molecular complexity index is 870. The van der Waals surface area contributed by atoms with Gasteiger partial charge in [0.2, 0.25) is 5.78 Å². The lowest BCUT2D eigenvalue weighted by atomic mass is 9.85. The molecule has 0 bridgehead atoms. The summed E-state index contributed by atoms with van der Waals surface area (Å²) in [4.78, 5) is 29.8. The van der Waals surface area contributed by atoms with Crippen LogP contribution in [-0.2, 0) is 14.3 Å². The van der Waals surface area contributed by atoms with Crippen LogP contribution in [0.4, 0.5) is 0 Å². The third-order valence-corrected chi connectivity index (χ3v) is 5.18. The quantitative estimate of drug-likeness (QED) is 0.435. The molecule has 1 aliphatic rings. The summed E-state index contributed by atoms with van der Waals surface area (Å²) in [5, 5.41) is 9.92. The van der Waals surface area contributed by atoms with Crippen LogP contribution in [-0.4, -0.2) is 60.8 Å². The van der Waals surface area contributed by atoms with Crippen molar-refractivity contribution in [1.29, 1.82) is 0 Å². The molecule has 3 rings (SSSR count). The van der Waals surface area contributed by atoms with Gasteiger partial charge in [0.25, 0.3) is 5.91 Å². The van der Waals surface area contributed by atoms with Gasteiger partial charge < -0.3 is 14.7 Å². The average Bonchev–Trinajstić information content (AvgIpc) is 2.79. The molecule has 2 aromatic rings. The maximum absolute atomic E-state index is 12.8. The molecule has 0 aliphatic carbocycles. The van der Waals surface area contributed by atoms with Crippen molar-refractivity contribution in [3.8, 4) is 0 Å². The second kappa shape index (κ2) is 10.5. The fourth-order valence-corrected chi connectivity index (χ4v) is 3.70. The molecular weight excluding hydrogens is 380 g/mol. The minimum Gasteiger partial charge on any atom is -0.504 e. The Balaban J connectivity index is 1.84. The summed E-state index contributed by atoms with van der Waals surface area (Å²) >= 11 is 0. The van der Waals surface area contributed by atoms with E-state index in [2.05, 4.69) is 29.3 Å². The topological polar surface area (TPSA) is 79.2 Å². The fourth-order valence-electron chi connectivity index (χ4n) is 3.70. The maximum Gasteiger partial charge on any atom is 0.250 e. The Morgan fingerprint density at radius 1 is 1.13 bits per heavy atom. The molecule has 1 saturated heterocycles. The van der Waals surface area contributed by atoms with E-state index in [1.807, 2.05) is 36.4 Å². The van der Waals surface area contributed by atoms with Crippen LogP contribution in [0.3, 0.4) is 0 Å². The molecule has 0 aromatic heterocycles. The molecule has 0 saturated carbocycles. The summed E-state index contributed by atoms with van der Waals surface area (Å²) < 4.78 is 5.66. The summed E-state index contributed by atoms with van der Waals surface area (Å²) in [6.45, 7) is 1.23. The number of carbonyl (C=O) groups is 2. The van der Waals surface area contributed by atoms with Crippen LogP contribution in [0.5, 0.6) is 0 Å². The molecular formula is C24H26N2O4. The molecule has 6 heteroatoms. The summed E-state index contributed by atoms with van der Waals surface area (Å²) in [6, 6.07) is 20.1. The standard InChI is InChI=1S/C24H26N2O4/c1-25-16-23(28)22(27)15-24(29)26-12-13-30-17-20(26)14-21(18-8-4-2-5-9-18)19-10-6-3-7-11-19/h2-11,15-16,20-21,27H,12-14,17H2,1H3/b22-15-,25-16?/t20-/m0/s1. The smallest absolute Gasteiger partial charge is 0.250 e. The van der Waals surface area contributed by atoms with Crippen LogP contribution in [0.25, 0.3) is 0 Å². The number of aliphatic hydroxyl groups is 1. The first-order valence-corrected chi connectivity index (χ1v) is 9.95. The Kier molecular flexibility index (Phi) is 7.51. The average molecular weight is 406 g/mol. The van der Waals surface area contributed by atoms with Gasteiger partial charge >= 0.3 is 0 Å². The fraction of sp³-hybridized carbons (Fsp3) is 0.292. The van der Waals surface area contributed by atoms with Crippen LogP contribution in [0, 0.1) is 0 Å². The molecule has 156 valence electrons. The van der Waals surface area contributed by atoms with E-state index in [9.17, 15) is 14.7 Å². The lowest BCUT2D eigenvalue weighted by Gasteiger charge is -2.37.